The van der Waals surface area contributed by atoms with Gasteiger partial charge in [0.25, 0.3) is 5.78 Å². The Balaban J connectivity index is 1.31. The third kappa shape index (κ3) is 6.22. The van der Waals surface area contributed by atoms with Crippen LogP contribution in [0, 0.1) is 18.6 Å². The zero-order valence-electron chi connectivity index (χ0n) is 23.8. The van der Waals surface area contributed by atoms with Crippen LogP contribution in [0.4, 0.5) is 13.9 Å². The molecule has 0 aliphatic carbocycles. The van der Waals surface area contributed by atoms with E-state index in [0.29, 0.717) is 22.3 Å². The van der Waals surface area contributed by atoms with Crippen LogP contribution in [0.25, 0.3) is 5.76 Å². The Kier molecular flexibility index (Phi) is 8.72. The van der Waals surface area contributed by atoms with Gasteiger partial charge in [0, 0.05) is 16.9 Å². The van der Waals surface area contributed by atoms with E-state index in [1.54, 1.807) is 48.5 Å². The lowest BCUT2D eigenvalue weighted by atomic mass is 9.95. The van der Waals surface area contributed by atoms with Gasteiger partial charge in [-0.1, -0.05) is 83.8 Å². The number of aromatic nitrogens is 2. The quantitative estimate of drug-likeness (QED) is 0.0582. The molecule has 0 spiro atoms. The molecule has 1 atom stereocenters. The van der Waals surface area contributed by atoms with Crippen LogP contribution in [0.1, 0.15) is 33.9 Å². The Morgan fingerprint density at radius 2 is 1.56 bits per heavy atom. The van der Waals surface area contributed by atoms with Gasteiger partial charge in [-0.25, -0.2) is 8.78 Å². The zero-order valence-corrected chi connectivity index (χ0v) is 25.4. The van der Waals surface area contributed by atoms with Crippen molar-refractivity contribution in [3.8, 4) is 5.75 Å². The zero-order chi connectivity index (χ0) is 31.5. The monoisotopic (exact) mass is 641 g/mol. The van der Waals surface area contributed by atoms with Crippen molar-refractivity contribution in [1.82, 2.24) is 10.2 Å². The minimum absolute atomic E-state index is 0.00666. The molecule has 0 saturated carbocycles. The summed E-state index contributed by atoms with van der Waals surface area (Å²) in [6.07, 6.45) is 0. The highest BCUT2D eigenvalue weighted by Gasteiger charge is 2.49. The summed E-state index contributed by atoms with van der Waals surface area (Å²) < 4.78 is 35.7. The molecular weight excluding hydrogens is 617 g/mol. The third-order valence-electron chi connectivity index (χ3n) is 7.34. The van der Waals surface area contributed by atoms with E-state index < -0.39 is 29.3 Å². The number of carbonyl (C=O) groups excluding carboxylic acids is 2. The molecule has 1 fully saturated rings. The number of anilines is 1. The van der Waals surface area contributed by atoms with Crippen LogP contribution in [0.15, 0.2) is 107 Å². The summed E-state index contributed by atoms with van der Waals surface area (Å²) in [6.45, 7) is 2.34. The Bertz CT molecular complexity index is 1930. The first-order valence-corrected chi connectivity index (χ1v) is 15.6. The van der Waals surface area contributed by atoms with Gasteiger partial charge in [-0.05, 0) is 60.0 Å². The number of hydrogen-bond acceptors (Lipinski definition) is 8. The fourth-order valence-corrected chi connectivity index (χ4v) is 6.79. The van der Waals surface area contributed by atoms with Crippen molar-refractivity contribution in [2.75, 3.05) is 4.90 Å². The maximum absolute atomic E-state index is 15.2. The number of aliphatic hydroxyl groups excluding tert-OH is 1. The summed E-state index contributed by atoms with van der Waals surface area (Å²) in [5.74, 6) is -2.66. The molecule has 1 unspecified atom stereocenters. The second-order valence-corrected chi connectivity index (χ2v) is 12.3. The van der Waals surface area contributed by atoms with E-state index in [-0.39, 0.29) is 33.4 Å². The average Bonchev–Trinajstić information content (AvgIpc) is 3.62. The van der Waals surface area contributed by atoms with Crippen molar-refractivity contribution < 1.29 is 28.2 Å². The third-order valence-corrected chi connectivity index (χ3v) is 9.44. The Morgan fingerprint density at radius 1 is 0.889 bits per heavy atom. The van der Waals surface area contributed by atoms with Crippen LogP contribution in [0.5, 0.6) is 5.75 Å². The molecule has 5 aromatic rings. The van der Waals surface area contributed by atoms with Crippen LogP contribution in [0.3, 0.4) is 0 Å². The number of hydrogen-bond donors (Lipinski definition) is 1. The molecule has 1 aliphatic heterocycles. The predicted octanol–water partition coefficient (Wildman–Crippen LogP) is 7.62. The molecule has 6 rings (SSSR count). The number of Topliss-reactive ketones (excluding diaryl/α,β-unsaturated/α-hetero) is 1. The fourth-order valence-electron chi connectivity index (χ4n) is 4.93. The smallest absolute Gasteiger partial charge is 0.301 e. The van der Waals surface area contributed by atoms with Crippen LogP contribution >= 0.6 is 23.1 Å². The molecule has 1 amide bonds. The van der Waals surface area contributed by atoms with Gasteiger partial charge in [-0.3, -0.25) is 14.5 Å². The first kappa shape index (κ1) is 30.2. The molecule has 2 heterocycles. The number of halogens is 2. The van der Waals surface area contributed by atoms with E-state index in [0.717, 1.165) is 27.4 Å². The average molecular weight is 642 g/mol. The Hall–Kier alpha value is -4.87. The highest BCUT2D eigenvalue weighted by molar-refractivity contribution is 8.00. The second-order valence-electron chi connectivity index (χ2n) is 10.2. The van der Waals surface area contributed by atoms with Gasteiger partial charge in [0.15, 0.2) is 4.34 Å². The van der Waals surface area contributed by atoms with Crippen molar-refractivity contribution in [3.05, 3.63) is 142 Å². The summed E-state index contributed by atoms with van der Waals surface area (Å²) in [5.41, 5.74) is 2.56. The van der Waals surface area contributed by atoms with Gasteiger partial charge in [-0.2, -0.15) is 0 Å². The number of ketones is 1. The molecule has 226 valence electrons. The van der Waals surface area contributed by atoms with E-state index in [2.05, 4.69) is 10.2 Å². The van der Waals surface area contributed by atoms with Gasteiger partial charge >= 0.3 is 5.91 Å². The largest absolute Gasteiger partial charge is 0.507 e. The van der Waals surface area contributed by atoms with Crippen LogP contribution in [0.2, 0.25) is 0 Å². The van der Waals surface area contributed by atoms with Crippen molar-refractivity contribution in [2.45, 2.75) is 29.7 Å². The second kappa shape index (κ2) is 13.0. The first-order chi connectivity index (χ1) is 21.8. The molecule has 1 aliphatic rings. The topological polar surface area (TPSA) is 92.6 Å². The Labute approximate surface area is 265 Å². The highest BCUT2D eigenvalue weighted by atomic mass is 32.2. The molecule has 7 nitrogen and oxygen atoms in total. The lowest BCUT2D eigenvalue weighted by molar-refractivity contribution is -0.132. The number of aryl methyl sites for hydroxylation is 1. The minimum atomic E-state index is -1.31. The number of rotatable bonds is 9. The number of nitrogens with zero attached hydrogens (tertiary/aromatic N) is 3. The minimum Gasteiger partial charge on any atom is -0.507 e. The number of aliphatic hydroxyl groups is 1. The molecule has 1 N–H and O–H groups in total. The molecule has 11 heteroatoms. The Morgan fingerprint density at radius 3 is 2.27 bits per heavy atom. The normalized spacial score (nSPS) is 15.9. The van der Waals surface area contributed by atoms with E-state index in [1.807, 2.05) is 31.2 Å². The molecule has 0 radical (unpaired) electrons. The van der Waals surface area contributed by atoms with E-state index >= 15 is 4.39 Å². The van der Waals surface area contributed by atoms with E-state index in [4.69, 9.17) is 4.74 Å². The van der Waals surface area contributed by atoms with Crippen LogP contribution in [-0.4, -0.2) is 27.0 Å². The predicted molar refractivity (Wildman–Crippen MR) is 169 cm³/mol. The van der Waals surface area contributed by atoms with Gasteiger partial charge in [-0.15, -0.1) is 10.2 Å². The molecule has 45 heavy (non-hydrogen) atoms. The molecule has 1 aromatic heterocycles. The first-order valence-electron chi connectivity index (χ1n) is 13.8. The van der Waals surface area contributed by atoms with Crippen molar-refractivity contribution in [1.29, 1.82) is 0 Å². The van der Waals surface area contributed by atoms with Crippen molar-refractivity contribution >= 4 is 45.7 Å². The van der Waals surface area contributed by atoms with Gasteiger partial charge in [0.1, 0.15) is 35.8 Å². The van der Waals surface area contributed by atoms with Crippen molar-refractivity contribution in [3.63, 3.8) is 0 Å². The number of ether oxygens (including phenoxy) is 1. The maximum Gasteiger partial charge on any atom is 0.301 e. The SMILES string of the molecule is Cc1ccccc1COc1ccc(/C(O)=C2\C(=O)C(=O)N(c3nnc(SCc4ccccc4F)s3)C2c2ccccc2F)cc1. The fraction of sp³-hybridized carbons (Fsp3) is 0.118. The van der Waals surface area contributed by atoms with Gasteiger partial charge in [0.2, 0.25) is 5.13 Å². The number of carbonyl (C=O) groups is 2. The lowest BCUT2D eigenvalue weighted by Crippen LogP contribution is -2.29. The molecule has 1 saturated heterocycles. The summed E-state index contributed by atoms with van der Waals surface area (Å²) in [4.78, 5) is 28.0. The summed E-state index contributed by atoms with van der Waals surface area (Å²) >= 11 is 2.22. The van der Waals surface area contributed by atoms with E-state index in [1.165, 1.54) is 36.0 Å². The number of thioether (sulfide) groups is 1. The van der Waals surface area contributed by atoms with Crippen molar-refractivity contribution in [2.24, 2.45) is 0 Å². The van der Waals surface area contributed by atoms with Gasteiger partial charge < -0.3 is 9.84 Å². The number of amides is 1. The molecule has 4 aromatic carbocycles. The van der Waals surface area contributed by atoms with Crippen LogP contribution in [-0.2, 0) is 21.9 Å². The summed E-state index contributed by atoms with van der Waals surface area (Å²) in [5, 5.41) is 19.7. The summed E-state index contributed by atoms with van der Waals surface area (Å²) in [6, 6.07) is 25.0. The molecular formula is C34H25F2N3O4S2. The maximum atomic E-state index is 15.2. The number of benzene rings is 4. The van der Waals surface area contributed by atoms with E-state index in [9.17, 15) is 19.1 Å². The molecule has 0 bridgehead atoms. The van der Waals surface area contributed by atoms with Gasteiger partial charge in [0.05, 0.1) is 5.57 Å². The highest BCUT2D eigenvalue weighted by Crippen LogP contribution is 2.44. The summed E-state index contributed by atoms with van der Waals surface area (Å²) in [7, 11) is 0. The lowest BCUT2D eigenvalue weighted by Gasteiger charge is -2.22. The van der Waals surface area contributed by atoms with Crippen LogP contribution < -0.4 is 9.64 Å². The standard InChI is InChI=1S/C34H25F2N3O4S2/c1-20-8-2-3-9-22(20)18-43-24-16-14-21(15-17-24)30(40)28-29(25-11-5-7-13-27(25)36)39(32(42)31(28)41)33-37-38-34(45-33)44-19-23-10-4-6-12-26(23)35/h2-17,29,40H,18-19H2,1H3/b30-28+.